The molecule has 2 aromatic carbocycles. The zero-order valence-electron chi connectivity index (χ0n) is 13.3. The van der Waals surface area contributed by atoms with Crippen LogP contribution >= 0.6 is 0 Å². The van der Waals surface area contributed by atoms with Crippen molar-refractivity contribution in [1.82, 2.24) is 0 Å². The third kappa shape index (κ3) is 3.65. The van der Waals surface area contributed by atoms with E-state index in [-0.39, 0.29) is 5.91 Å². The van der Waals surface area contributed by atoms with E-state index < -0.39 is 0 Å². The van der Waals surface area contributed by atoms with E-state index in [0.717, 1.165) is 36.6 Å². The summed E-state index contributed by atoms with van der Waals surface area (Å²) in [4.78, 5) is 14.3. The highest BCUT2D eigenvalue weighted by molar-refractivity contribution is 5.95. The molecule has 1 aliphatic heterocycles. The average molecular weight is 311 g/mol. The van der Waals surface area contributed by atoms with Crippen molar-refractivity contribution in [1.29, 1.82) is 0 Å². The van der Waals surface area contributed by atoms with Gasteiger partial charge in [-0.15, -0.1) is 0 Å². The van der Waals surface area contributed by atoms with Crippen LogP contribution in [0.25, 0.3) is 0 Å². The molecule has 0 fully saturated rings. The van der Waals surface area contributed by atoms with E-state index in [1.165, 1.54) is 5.56 Å². The maximum atomic E-state index is 12.4. The second-order valence-corrected chi connectivity index (χ2v) is 5.56. The molecule has 3 rings (SSSR count). The molecule has 0 bridgehead atoms. The van der Waals surface area contributed by atoms with Crippen LogP contribution in [0, 0.1) is 0 Å². The van der Waals surface area contributed by atoms with Crippen molar-refractivity contribution >= 4 is 11.6 Å². The molecule has 0 saturated heterocycles. The van der Waals surface area contributed by atoms with Crippen molar-refractivity contribution in [2.24, 2.45) is 0 Å². The first kappa shape index (κ1) is 15.4. The minimum absolute atomic E-state index is 0.158. The summed E-state index contributed by atoms with van der Waals surface area (Å²) in [6.45, 7) is 1.31. The van der Waals surface area contributed by atoms with E-state index >= 15 is 0 Å². The Kier molecular flexibility index (Phi) is 4.81. The van der Waals surface area contributed by atoms with Crippen molar-refractivity contribution in [3.05, 3.63) is 54.1 Å². The number of para-hydroxylation sites is 1. The number of fused-ring (bicyclic) bond motifs is 1. The van der Waals surface area contributed by atoms with E-state index in [1.807, 2.05) is 53.4 Å². The second kappa shape index (κ2) is 7.18. The molecule has 0 N–H and O–H groups in total. The molecule has 0 aromatic heterocycles. The molecule has 1 heterocycles. The number of methoxy groups -OCH3 is 1. The number of carbonyl (C=O) groups excluding carboxylic acids is 1. The van der Waals surface area contributed by atoms with Crippen LogP contribution in [0.5, 0.6) is 11.5 Å². The number of benzene rings is 2. The zero-order chi connectivity index (χ0) is 16.1. The molecule has 4 heteroatoms. The summed E-state index contributed by atoms with van der Waals surface area (Å²) in [5.41, 5.74) is 2.19. The number of ether oxygens (including phenoxy) is 2. The van der Waals surface area contributed by atoms with Crippen LogP contribution in [0.15, 0.2) is 48.5 Å². The van der Waals surface area contributed by atoms with Gasteiger partial charge in [0.25, 0.3) is 0 Å². The van der Waals surface area contributed by atoms with Gasteiger partial charge in [-0.1, -0.05) is 18.2 Å². The highest BCUT2D eigenvalue weighted by Gasteiger charge is 2.24. The van der Waals surface area contributed by atoms with Crippen LogP contribution in [0.1, 0.15) is 18.4 Å². The molecule has 4 nitrogen and oxygen atoms in total. The standard InChI is InChI=1S/C19H21NO3/c1-22-17-9-10-18-15(14-17)11-12-20(18)19(21)8-5-13-23-16-6-3-2-4-7-16/h2-4,6-7,9-10,14H,5,8,11-13H2,1H3. The predicted molar refractivity (Wildman–Crippen MR) is 90.2 cm³/mol. The van der Waals surface area contributed by atoms with Crippen LogP contribution in [0.3, 0.4) is 0 Å². The van der Waals surface area contributed by atoms with Gasteiger partial charge >= 0.3 is 0 Å². The van der Waals surface area contributed by atoms with Gasteiger partial charge in [0.2, 0.25) is 5.91 Å². The summed E-state index contributed by atoms with van der Waals surface area (Å²) in [5.74, 6) is 1.85. The lowest BCUT2D eigenvalue weighted by atomic mass is 10.1. The van der Waals surface area contributed by atoms with Gasteiger partial charge in [-0.3, -0.25) is 4.79 Å². The fraction of sp³-hybridized carbons (Fsp3) is 0.316. The average Bonchev–Trinajstić information content (AvgIpc) is 3.02. The van der Waals surface area contributed by atoms with Gasteiger partial charge in [-0.05, 0) is 48.7 Å². The largest absolute Gasteiger partial charge is 0.497 e. The van der Waals surface area contributed by atoms with Gasteiger partial charge in [-0.25, -0.2) is 0 Å². The molecular formula is C19H21NO3. The summed E-state index contributed by atoms with van der Waals surface area (Å²) in [6.07, 6.45) is 2.10. The van der Waals surface area contributed by atoms with Crippen LogP contribution in [-0.2, 0) is 11.2 Å². The highest BCUT2D eigenvalue weighted by atomic mass is 16.5. The fourth-order valence-electron chi connectivity index (χ4n) is 2.83. The Hall–Kier alpha value is -2.49. The van der Waals surface area contributed by atoms with E-state index in [0.29, 0.717) is 13.0 Å². The maximum absolute atomic E-state index is 12.4. The summed E-state index contributed by atoms with van der Waals surface area (Å²) < 4.78 is 10.9. The molecule has 1 aliphatic rings. The number of hydrogen-bond acceptors (Lipinski definition) is 3. The Morgan fingerprint density at radius 2 is 1.96 bits per heavy atom. The topological polar surface area (TPSA) is 38.8 Å². The zero-order valence-corrected chi connectivity index (χ0v) is 13.3. The first-order valence-corrected chi connectivity index (χ1v) is 7.93. The highest BCUT2D eigenvalue weighted by Crippen LogP contribution is 2.31. The first-order valence-electron chi connectivity index (χ1n) is 7.93. The molecule has 120 valence electrons. The molecule has 0 aliphatic carbocycles. The van der Waals surface area contributed by atoms with Gasteiger partial charge in [0, 0.05) is 18.7 Å². The van der Waals surface area contributed by atoms with Crippen molar-refractivity contribution in [3.8, 4) is 11.5 Å². The molecule has 0 radical (unpaired) electrons. The first-order chi connectivity index (χ1) is 11.3. The number of carbonyl (C=O) groups is 1. The van der Waals surface area contributed by atoms with Crippen molar-refractivity contribution in [2.75, 3.05) is 25.2 Å². The van der Waals surface area contributed by atoms with Crippen LogP contribution in [-0.4, -0.2) is 26.2 Å². The Bertz CT molecular complexity index is 670. The number of amides is 1. The van der Waals surface area contributed by atoms with Gasteiger partial charge < -0.3 is 14.4 Å². The number of anilines is 1. The number of nitrogens with zero attached hydrogens (tertiary/aromatic N) is 1. The molecule has 0 saturated carbocycles. The molecule has 0 spiro atoms. The quantitative estimate of drug-likeness (QED) is 0.767. The molecular weight excluding hydrogens is 290 g/mol. The minimum atomic E-state index is 0.158. The lowest BCUT2D eigenvalue weighted by Gasteiger charge is -2.17. The monoisotopic (exact) mass is 311 g/mol. The molecule has 23 heavy (non-hydrogen) atoms. The molecule has 2 aromatic rings. The number of rotatable bonds is 6. The minimum Gasteiger partial charge on any atom is -0.497 e. The Labute approximate surface area is 136 Å². The van der Waals surface area contributed by atoms with Gasteiger partial charge in [-0.2, -0.15) is 0 Å². The van der Waals surface area contributed by atoms with Crippen molar-refractivity contribution in [2.45, 2.75) is 19.3 Å². The predicted octanol–water partition coefficient (Wildman–Crippen LogP) is 3.44. The third-order valence-electron chi connectivity index (χ3n) is 4.03. The van der Waals surface area contributed by atoms with E-state index in [1.54, 1.807) is 7.11 Å². The van der Waals surface area contributed by atoms with Crippen LogP contribution < -0.4 is 14.4 Å². The van der Waals surface area contributed by atoms with E-state index in [9.17, 15) is 4.79 Å². The SMILES string of the molecule is COc1ccc2c(c1)CCN2C(=O)CCCOc1ccccc1. The van der Waals surface area contributed by atoms with Crippen molar-refractivity contribution < 1.29 is 14.3 Å². The molecule has 1 amide bonds. The lowest BCUT2D eigenvalue weighted by molar-refractivity contribution is -0.118. The smallest absolute Gasteiger partial charge is 0.227 e. The Morgan fingerprint density at radius 3 is 2.74 bits per heavy atom. The normalized spacial score (nSPS) is 12.8. The van der Waals surface area contributed by atoms with Gasteiger partial charge in [0.15, 0.2) is 0 Å². The van der Waals surface area contributed by atoms with Crippen molar-refractivity contribution in [3.63, 3.8) is 0 Å². The summed E-state index contributed by atoms with van der Waals surface area (Å²) in [5, 5.41) is 0. The molecule has 0 unspecified atom stereocenters. The van der Waals surface area contributed by atoms with Gasteiger partial charge in [0.1, 0.15) is 11.5 Å². The third-order valence-corrected chi connectivity index (χ3v) is 4.03. The second-order valence-electron chi connectivity index (χ2n) is 5.56. The maximum Gasteiger partial charge on any atom is 0.227 e. The Balaban J connectivity index is 1.50. The summed E-state index contributed by atoms with van der Waals surface area (Å²) >= 11 is 0. The van der Waals surface area contributed by atoms with Crippen LogP contribution in [0.2, 0.25) is 0 Å². The summed E-state index contributed by atoms with van der Waals surface area (Å²) in [7, 11) is 1.66. The lowest BCUT2D eigenvalue weighted by Crippen LogP contribution is -2.28. The van der Waals surface area contributed by atoms with Gasteiger partial charge in [0.05, 0.1) is 13.7 Å². The number of hydrogen-bond donors (Lipinski definition) is 0. The fourth-order valence-corrected chi connectivity index (χ4v) is 2.83. The van der Waals surface area contributed by atoms with E-state index in [2.05, 4.69) is 0 Å². The van der Waals surface area contributed by atoms with Crippen LogP contribution in [0.4, 0.5) is 5.69 Å². The molecule has 0 atom stereocenters. The van der Waals surface area contributed by atoms with E-state index in [4.69, 9.17) is 9.47 Å². The Morgan fingerprint density at radius 1 is 1.13 bits per heavy atom. The summed E-state index contributed by atoms with van der Waals surface area (Å²) in [6, 6.07) is 15.6.